The van der Waals surface area contributed by atoms with Crippen LogP contribution < -0.4 is 9.62 Å². The number of non-ortho nitro benzene ring substituents is 1. The van der Waals surface area contributed by atoms with Crippen LogP contribution in [0.3, 0.4) is 0 Å². The quantitative estimate of drug-likeness (QED) is 0.547. The number of carbonyl (C=O) groups excluding carboxylic acids is 1. The van der Waals surface area contributed by atoms with Crippen molar-refractivity contribution < 1.29 is 18.1 Å². The maximum Gasteiger partial charge on any atom is 0.271 e. The number of anilines is 1. The smallest absolute Gasteiger partial charge is 0.271 e. The topological polar surface area (TPSA) is 110 Å². The molecule has 2 unspecified atom stereocenters. The van der Waals surface area contributed by atoms with E-state index in [1.807, 2.05) is 31.2 Å². The number of rotatable bonds is 7. The van der Waals surface area contributed by atoms with Crippen molar-refractivity contribution in [1.29, 1.82) is 0 Å². The maximum atomic E-state index is 12.8. The van der Waals surface area contributed by atoms with Gasteiger partial charge < -0.3 is 5.32 Å². The van der Waals surface area contributed by atoms with E-state index in [-0.39, 0.29) is 17.4 Å². The number of hydrogen-bond acceptors (Lipinski definition) is 5. The molecule has 0 fully saturated rings. The van der Waals surface area contributed by atoms with Gasteiger partial charge in [-0.05, 0) is 38.8 Å². The van der Waals surface area contributed by atoms with Gasteiger partial charge in [-0.1, -0.05) is 35.9 Å². The molecule has 8 nitrogen and oxygen atoms in total. The highest BCUT2D eigenvalue weighted by Gasteiger charge is 2.31. The Kier molecular flexibility index (Phi) is 6.63. The first-order chi connectivity index (χ1) is 13.4. The van der Waals surface area contributed by atoms with E-state index in [1.54, 1.807) is 13.8 Å². The molecule has 0 aliphatic rings. The minimum atomic E-state index is -3.88. The monoisotopic (exact) mass is 419 g/mol. The molecular formula is C20H25N3O5S. The minimum absolute atomic E-state index is 0.104. The fourth-order valence-electron chi connectivity index (χ4n) is 3.00. The average Bonchev–Trinajstić information content (AvgIpc) is 2.62. The van der Waals surface area contributed by atoms with Gasteiger partial charge in [0.25, 0.3) is 5.69 Å². The second-order valence-electron chi connectivity index (χ2n) is 7.10. The Hall–Kier alpha value is -2.94. The van der Waals surface area contributed by atoms with Crippen LogP contribution in [0.2, 0.25) is 0 Å². The van der Waals surface area contributed by atoms with E-state index >= 15 is 0 Å². The van der Waals surface area contributed by atoms with Gasteiger partial charge in [-0.3, -0.25) is 19.2 Å². The molecule has 0 radical (unpaired) electrons. The number of sulfonamides is 1. The summed E-state index contributed by atoms with van der Waals surface area (Å²) in [6.07, 6.45) is 0.971. The van der Waals surface area contributed by atoms with Crippen LogP contribution >= 0.6 is 0 Å². The lowest BCUT2D eigenvalue weighted by atomic mass is 10.1. The molecular weight excluding hydrogens is 394 g/mol. The molecule has 156 valence electrons. The van der Waals surface area contributed by atoms with Gasteiger partial charge in [0.2, 0.25) is 15.9 Å². The lowest BCUT2D eigenvalue weighted by molar-refractivity contribution is -0.384. The molecule has 0 saturated heterocycles. The number of nitro groups is 1. The normalized spacial score (nSPS) is 13.4. The van der Waals surface area contributed by atoms with E-state index < -0.39 is 26.9 Å². The largest absolute Gasteiger partial charge is 0.348 e. The van der Waals surface area contributed by atoms with Crippen molar-refractivity contribution in [2.24, 2.45) is 0 Å². The van der Waals surface area contributed by atoms with Crippen molar-refractivity contribution in [3.8, 4) is 0 Å². The van der Waals surface area contributed by atoms with Gasteiger partial charge >= 0.3 is 0 Å². The maximum absolute atomic E-state index is 12.8. The van der Waals surface area contributed by atoms with Crippen LogP contribution in [0.25, 0.3) is 0 Å². The number of carbonyl (C=O) groups is 1. The van der Waals surface area contributed by atoms with Gasteiger partial charge in [-0.25, -0.2) is 8.42 Å². The van der Waals surface area contributed by atoms with Crippen LogP contribution in [0.1, 0.15) is 36.6 Å². The number of benzene rings is 2. The molecule has 2 atom stereocenters. The van der Waals surface area contributed by atoms with Crippen LogP contribution in [0.4, 0.5) is 11.4 Å². The fourth-order valence-corrected chi connectivity index (χ4v) is 4.23. The zero-order valence-corrected chi connectivity index (χ0v) is 17.9. The summed E-state index contributed by atoms with van der Waals surface area (Å²) in [5, 5.41) is 13.9. The molecule has 0 saturated carbocycles. The van der Waals surface area contributed by atoms with E-state index in [0.29, 0.717) is 5.56 Å². The summed E-state index contributed by atoms with van der Waals surface area (Å²) < 4.78 is 25.9. The van der Waals surface area contributed by atoms with Gasteiger partial charge in [0.1, 0.15) is 6.04 Å². The second kappa shape index (κ2) is 8.60. The Morgan fingerprint density at radius 1 is 1.10 bits per heavy atom. The number of nitro benzene ring substituents is 1. The van der Waals surface area contributed by atoms with Crippen molar-refractivity contribution in [2.45, 2.75) is 39.8 Å². The summed E-state index contributed by atoms with van der Waals surface area (Å²) in [6, 6.07) is 10.1. The zero-order valence-electron chi connectivity index (χ0n) is 17.0. The van der Waals surface area contributed by atoms with Gasteiger partial charge in [0, 0.05) is 12.1 Å². The van der Waals surface area contributed by atoms with Crippen molar-refractivity contribution in [3.63, 3.8) is 0 Å². The molecule has 2 rings (SSSR count). The molecule has 0 aromatic heterocycles. The van der Waals surface area contributed by atoms with E-state index in [4.69, 9.17) is 0 Å². The van der Waals surface area contributed by atoms with Crippen molar-refractivity contribution in [3.05, 3.63) is 69.3 Å². The Morgan fingerprint density at radius 3 is 2.21 bits per heavy atom. The molecule has 0 bridgehead atoms. The number of aryl methyl sites for hydroxylation is 2. The van der Waals surface area contributed by atoms with Crippen molar-refractivity contribution in [1.82, 2.24) is 5.32 Å². The third-order valence-electron chi connectivity index (χ3n) is 4.67. The highest BCUT2D eigenvalue weighted by molar-refractivity contribution is 7.92. The Balaban J connectivity index is 2.36. The Morgan fingerprint density at radius 2 is 1.69 bits per heavy atom. The van der Waals surface area contributed by atoms with Gasteiger partial charge in [-0.15, -0.1) is 0 Å². The second-order valence-corrected chi connectivity index (χ2v) is 8.96. The van der Waals surface area contributed by atoms with Crippen LogP contribution in [-0.2, 0) is 14.8 Å². The van der Waals surface area contributed by atoms with Gasteiger partial charge in [-0.2, -0.15) is 0 Å². The molecule has 0 spiro atoms. The summed E-state index contributed by atoms with van der Waals surface area (Å²) in [4.78, 5) is 23.4. The summed E-state index contributed by atoms with van der Waals surface area (Å²) in [6.45, 7) is 6.85. The highest BCUT2D eigenvalue weighted by Crippen LogP contribution is 2.29. The predicted octanol–water partition coefficient (Wildman–Crippen LogP) is 3.24. The van der Waals surface area contributed by atoms with Crippen molar-refractivity contribution >= 4 is 27.3 Å². The lowest BCUT2D eigenvalue weighted by Gasteiger charge is -2.30. The van der Waals surface area contributed by atoms with Crippen molar-refractivity contribution in [2.75, 3.05) is 10.6 Å². The van der Waals surface area contributed by atoms with E-state index in [1.165, 1.54) is 25.1 Å². The molecule has 1 N–H and O–H groups in total. The third-order valence-corrected chi connectivity index (χ3v) is 5.89. The third kappa shape index (κ3) is 5.32. The first-order valence-electron chi connectivity index (χ1n) is 9.03. The zero-order chi connectivity index (χ0) is 21.9. The summed E-state index contributed by atoms with van der Waals surface area (Å²) >= 11 is 0. The Labute approximate surface area is 170 Å². The van der Waals surface area contributed by atoms with E-state index in [9.17, 15) is 23.3 Å². The summed E-state index contributed by atoms with van der Waals surface area (Å²) in [5.41, 5.74) is 2.33. The van der Waals surface area contributed by atoms with Crippen LogP contribution in [0.5, 0.6) is 0 Å². The van der Waals surface area contributed by atoms with E-state index in [2.05, 4.69) is 5.32 Å². The predicted molar refractivity (Wildman–Crippen MR) is 112 cm³/mol. The molecule has 9 heteroatoms. The van der Waals surface area contributed by atoms with E-state index in [0.717, 1.165) is 21.7 Å². The molecule has 0 aliphatic carbocycles. The molecule has 29 heavy (non-hydrogen) atoms. The van der Waals surface area contributed by atoms with Crippen LogP contribution in [-0.4, -0.2) is 31.5 Å². The molecule has 0 heterocycles. The average molecular weight is 420 g/mol. The number of hydrogen-bond donors (Lipinski definition) is 1. The highest BCUT2D eigenvalue weighted by atomic mass is 32.2. The number of nitrogens with zero attached hydrogens (tertiary/aromatic N) is 2. The number of amides is 1. The standard InChI is InChI=1S/C20H25N3O5S/c1-13-6-9-17(10-7-13)15(3)21-20(24)16(4)22(29(5,27)28)19-12-18(23(25)26)11-8-14(19)2/h6-12,15-16H,1-5H3,(H,21,24). The lowest BCUT2D eigenvalue weighted by Crippen LogP contribution is -2.48. The molecule has 2 aromatic carbocycles. The molecule has 0 aliphatic heterocycles. The first kappa shape index (κ1) is 22.4. The first-order valence-corrected chi connectivity index (χ1v) is 10.9. The Bertz CT molecular complexity index is 1020. The van der Waals surface area contributed by atoms with Gasteiger partial charge in [0.15, 0.2) is 0 Å². The molecule has 1 amide bonds. The fraction of sp³-hybridized carbons (Fsp3) is 0.350. The van der Waals surface area contributed by atoms with Crippen LogP contribution in [0, 0.1) is 24.0 Å². The molecule has 2 aromatic rings. The summed E-state index contributed by atoms with van der Waals surface area (Å²) in [7, 11) is -3.88. The minimum Gasteiger partial charge on any atom is -0.348 e. The van der Waals surface area contributed by atoms with Crippen LogP contribution in [0.15, 0.2) is 42.5 Å². The van der Waals surface area contributed by atoms with Gasteiger partial charge in [0.05, 0.1) is 22.9 Å². The number of nitrogens with one attached hydrogen (secondary N) is 1. The summed E-state index contributed by atoms with van der Waals surface area (Å²) in [5.74, 6) is -0.505. The SMILES string of the molecule is Cc1ccc(C(C)NC(=O)C(C)N(c2cc([N+](=O)[O-])ccc2C)S(C)(=O)=O)cc1.